The molecule has 0 saturated carbocycles. The van der Waals surface area contributed by atoms with Gasteiger partial charge >= 0.3 is 11.9 Å². The van der Waals surface area contributed by atoms with Gasteiger partial charge in [-0.05, 0) is 41.5 Å². The zero-order valence-corrected chi connectivity index (χ0v) is 18.7. The molecular weight excluding hydrogens is 390 g/mol. The van der Waals surface area contributed by atoms with E-state index >= 15 is 0 Å². The lowest BCUT2D eigenvalue weighted by Crippen LogP contribution is -2.13. The van der Waals surface area contributed by atoms with Gasteiger partial charge in [-0.3, -0.25) is 9.59 Å². The van der Waals surface area contributed by atoms with E-state index in [1.807, 2.05) is 30.3 Å². The zero-order chi connectivity index (χ0) is 22.5. The van der Waals surface area contributed by atoms with Crippen molar-refractivity contribution >= 4 is 11.9 Å². The van der Waals surface area contributed by atoms with Gasteiger partial charge in [0.15, 0.2) is 11.9 Å². The van der Waals surface area contributed by atoms with Gasteiger partial charge in [-0.2, -0.15) is 5.26 Å². The Kier molecular flexibility index (Phi) is 7.12. The molecule has 0 aromatic heterocycles. The average Bonchev–Trinajstić information content (AvgIpc) is 3.04. The lowest BCUT2D eigenvalue weighted by atomic mass is 9.84. The summed E-state index contributed by atoms with van der Waals surface area (Å²) in [5.74, 6) is -0.540. The molecule has 2 atom stereocenters. The number of fused-ring (bicyclic) bond motifs is 3. The van der Waals surface area contributed by atoms with Crippen LogP contribution in [-0.4, -0.2) is 11.9 Å². The van der Waals surface area contributed by atoms with Gasteiger partial charge in [-0.15, -0.1) is 0 Å². The van der Waals surface area contributed by atoms with Gasteiger partial charge < -0.3 is 9.47 Å². The molecule has 162 valence electrons. The predicted octanol–water partition coefficient (Wildman–Crippen LogP) is 6.19. The Morgan fingerprint density at radius 1 is 1.10 bits per heavy atom. The van der Waals surface area contributed by atoms with Crippen molar-refractivity contribution in [3.8, 4) is 22.9 Å². The first-order chi connectivity index (χ1) is 14.9. The third kappa shape index (κ3) is 4.49. The van der Waals surface area contributed by atoms with E-state index in [9.17, 15) is 14.9 Å². The third-order valence-corrected chi connectivity index (χ3v) is 5.88. The molecule has 0 fully saturated rings. The number of unbranched alkanes of at least 4 members (excludes halogenated alkanes) is 2. The standard InChI is InChI=1S/C26H29NO4/c1-5-7-8-11-18(6-2)21-14-22-19-12-9-10-13-20(19)25(30-16(3)28)24(22)26(23(21)15-27)31-17(4)29/h9-10,12-14,18,25H,5-8,11H2,1-4H3. The first-order valence-electron chi connectivity index (χ1n) is 11.0. The summed E-state index contributed by atoms with van der Waals surface area (Å²) in [6, 6.07) is 12.0. The minimum Gasteiger partial charge on any atom is -0.453 e. The summed E-state index contributed by atoms with van der Waals surface area (Å²) in [4.78, 5) is 23.9. The maximum absolute atomic E-state index is 12.0. The van der Waals surface area contributed by atoms with Crippen molar-refractivity contribution in [1.82, 2.24) is 0 Å². The normalized spacial score (nSPS) is 14.9. The van der Waals surface area contributed by atoms with E-state index in [2.05, 4.69) is 19.9 Å². The Morgan fingerprint density at radius 2 is 1.84 bits per heavy atom. The number of hydrogen-bond donors (Lipinski definition) is 0. The summed E-state index contributed by atoms with van der Waals surface area (Å²) in [7, 11) is 0. The zero-order valence-electron chi connectivity index (χ0n) is 18.7. The molecule has 5 heteroatoms. The summed E-state index contributed by atoms with van der Waals surface area (Å²) < 4.78 is 11.3. The van der Waals surface area contributed by atoms with Crippen LogP contribution in [0.15, 0.2) is 30.3 Å². The molecule has 2 aromatic rings. The topological polar surface area (TPSA) is 76.4 Å². The highest BCUT2D eigenvalue weighted by Crippen LogP contribution is 2.52. The van der Waals surface area contributed by atoms with Crippen molar-refractivity contribution in [2.24, 2.45) is 0 Å². The molecule has 0 bridgehead atoms. The van der Waals surface area contributed by atoms with E-state index in [1.54, 1.807) is 0 Å². The largest absolute Gasteiger partial charge is 0.453 e. The fraction of sp³-hybridized carbons (Fsp3) is 0.423. The molecule has 0 aliphatic heterocycles. The Balaban J connectivity index is 2.27. The van der Waals surface area contributed by atoms with E-state index < -0.39 is 18.0 Å². The molecule has 31 heavy (non-hydrogen) atoms. The second-order valence-electron chi connectivity index (χ2n) is 8.01. The Hall–Kier alpha value is -3.13. The van der Waals surface area contributed by atoms with Crippen LogP contribution in [0.4, 0.5) is 0 Å². The average molecular weight is 420 g/mol. The molecule has 1 aliphatic rings. The van der Waals surface area contributed by atoms with Crippen molar-refractivity contribution in [3.05, 3.63) is 52.6 Å². The fourth-order valence-corrected chi connectivity index (χ4v) is 4.50. The molecule has 0 amide bonds. The van der Waals surface area contributed by atoms with E-state index in [4.69, 9.17) is 9.47 Å². The predicted molar refractivity (Wildman–Crippen MR) is 119 cm³/mol. The van der Waals surface area contributed by atoms with E-state index in [0.29, 0.717) is 11.1 Å². The minimum atomic E-state index is -0.709. The van der Waals surface area contributed by atoms with Crippen LogP contribution in [-0.2, 0) is 14.3 Å². The number of nitriles is 1. The van der Waals surface area contributed by atoms with E-state index in [0.717, 1.165) is 54.4 Å². The molecule has 0 saturated heterocycles. The lowest BCUT2D eigenvalue weighted by Gasteiger charge is -2.22. The molecule has 0 spiro atoms. The smallest absolute Gasteiger partial charge is 0.308 e. The highest BCUT2D eigenvalue weighted by Gasteiger charge is 2.37. The van der Waals surface area contributed by atoms with Gasteiger partial charge in [-0.25, -0.2) is 0 Å². The molecule has 0 heterocycles. The van der Waals surface area contributed by atoms with Crippen molar-refractivity contribution in [1.29, 1.82) is 5.26 Å². The van der Waals surface area contributed by atoms with Crippen LogP contribution in [0.25, 0.3) is 11.1 Å². The van der Waals surface area contributed by atoms with Gasteiger partial charge in [0, 0.05) is 25.0 Å². The lowest BCUT2D eigenvalue weighted by molar-refractivity contribution is -0.144. The monoisotopic (exact) mass is 419 g/mol. The van der Waals surface area contributed by atoms with Crippen LogP contribution in [0.2, 0.25) is 0 Å². The number of carbonyl (C=O) groups excluding carboxylic acids is 2. The molecular formula is C26H29NO4. The van der Waals surface area contributed by atoms with Gasteiger partial charge in [-0.1, -0.05) is 57.4 Å². The minimum absolute atomic E-state index is 0.181. The first-order valence-corrected chi connectivity index (χ1v) is 11.0. The van der Waals surface area contributed by atoms with Gasteiger partial charge in [0.2, 0.25) is 0 Å². The molecule has 0 N–H and O–H groups in total. The van der Waals surface area contributed by atoms with Crippen molar-refractivity contribution in [3.63, 3.8) is 0 Å². The second-order valence-corrected chi connectivity index (χ2v) is 8.01. The Morgan fingerprint density at radius 3 is 2.45 bits per heavy atom. The quantitative estimate of drug-likeness (QED) is 0.290. The molecule has 1 aliphatic carbocycles. The number of rotatable bonds is 8. The van der Waals surface area contributed by atoms with Crippen LogP contribution in [0.3, 0.4) is 0 Å². The van der Waals surface area contributed by atoms with Crippen LogP contribution in [0, 0.1) is 11.3 Å². The van der Waals surface area contributed by atoms with E-state index in [-0.39, 0.29) is 11.7 Å². The number of nitrogens with zero attached hydrogens (tertiary/aromatic N) is 1. The van der Waals surface area contributed by atoms with Crippen LogP contribution in [0.1, 0.15) is 94.1 Å². The maximum Gasteiger partial charge on any atom is 0.308 e. The summed E-state index contributed by atoms with van der Waals surface area (Å²) in [6.07, 6.45) is 4.48. The number of carbonyl (C=O) groups is 2. The number of benzene rings is 2. The van der Waals surface area contributed by atoms with Crippen molar-refractivity contribution < 1.29 is 19.1 Å². The summed E-state index contributed by atoms with van der Waals surface area (Å²) in [5.41, 5.74) is 4.47. The summed E-state index contributed by atoms with van der Waals surface area (Å²) in [6.45, 7) is 6.96. The van der Waals surface area contributed by atoms with Crippen LogP contribution >= 0.6 is 0 Å². The number of ether oxygens (including phenoxy) is 2. The highest BCUT2D eigenvalue weighted by molar-refractivity contribution is 5.86. The number of esters is 2. The highest BCUT2D eigenvalue weighted by atomic mass is 16.6. The molecule has 3 rings (SSSR count). The Bertz CT molecular complexity index is 1030. The van der Waals surface area contributed by atoms with Gasteiger partial charge in [0.25, 0.3) is 0 Å². The molecule has 2 aromatic carbocycles. The summed E-state index contributed by atoms with van der Waals surface area (Å²) >= 11 is 0. The van der Waals surface area contributed by atoms with Crippen molar-refractivity contribution in [2.45, 2.75) is 71.8 Å². The molecule has 2 unspecified atom stereocenters. The SMILES string of the molecule is CCCCCC(CC)c1cc2c(c(OC(C)=O)c1C#N)C(OC(C)=O)c1ccccc1-2. The van der Waals surface area contributed by atoms with Crippen LogP contribution < -0.4 is 4.74 Å². The summed E-state index contributed by atoms with van der Waals surface area (Å²) in [5, 5.41) is 10.1. The van der Waals surface area contributed by atoms with Gasteiger partial charge in [0.1, 0.15) is 6.07 Å². The molecule has 5 nitrogen and oxygen atoms in total. The number of hydrogen-bond acceptors (Lipinski definition) is 5. The third-order valence-electron chi connectivity index (χ3n) is 5.88. The maximum atomic E-state index is 12.0. The van der Waals surface area contributed by atoms with E-state index in [1.165, 1.54) is 13.8 Å². The fourth-order valence-electron chi connectivity index (χ4n) is 4.50. The van der Waals surface area contributed by atoms with Gasteiger partial charge in [0.05, 0.1) is 5.56 Å². The molecule has 0 radical (unpaired) electrons. The second kappa shape index (κ2) is 9.78. The van der Waals surface area contributed by atoms with Crippen LogP contribution in [0.5, 0.6) is 5.75 Å². The first kappa shape index (κ1) is 22.6. The Labute approximate surface area is 184 Å². The van der Waals surface area contributed by atoms with Crippen molar-refractivity contribution in [2.75, 3.05) is 0 Å².